The van der Waals surface area contributed by atoms with Gasteiger partial charge in [-0.2, -0.15) is 17.2 Å². The maximum atomic E-state index is 6.35. The van der Waals surface area contributed by atoms with E-state index < -0.39 is 0 Å². The van der Waals surface area contributed by atoms with Gasteiger partial charge >= 0.3 is 21.1 Å². The van der Waals surface area contributed by atoms with Crippen LogP contribution in [-0.2, 0) is 27.7 Å². The molecule has 0 bridgehead atoms. The van der Waals surface area contributed by atoms with Crippen LogP contribution in [0.4, 0.5) is 0 Å². The van der Waals surface area contributed by atoms with E-state index in [0.717, 1.165) is 72.6 Å². The Hall–Kier alpha value is -5.65. The minimum absolute atomic E-state index is 0. The number of fused-ring (bicyclic) bond motifs is 3. The second-order valence-corrected chi connectivity index (χ2v) is 11.9. The summed E-state index contributed by atoms with van der Waals surface area (Å²) in [6.45, 7) is 4.74. The van der Waals surface area contributed by atoms with Gasteiger partial charge in [0.25, 0.3) is 0 Å². The molecule has 0 saturated carbocycles. The van der Waals surface area contributed by atoms with E-state index in [-0.39, 0.29) is 21.1 Å². The van der Waals surface area contributed by atoms with Crippen molar-refractivity contribution in [1.82, 2.24) is 19.3 Å². The predicted octanol–water partition coefficient (Wildman–Crippen LogP) is 9.63. The number of benzene rings is 5. The van der Waals surface area contributed by atoms with E-state index in [9.17, 15) is 0 Å². The SMILES string of the molecule is COc1ccnc(-n2c3[c-]c(Oc4[c-]c(-n5cc(-c6c(C)cc(OCc7ccccc7)cc6C)cn5)ccc4)ccc3c3ccccc32)c1.[Pt+2]. The summed E-state index contributed by atoms with van der Waals surface area (Å²) in [5.41, 5.74) is 8.17. The molecule has 0 saturated heterocycles. The molecule has 8 heteroatoms. The van der Waals surface area contributed by atoms with E-state index in [2.05, 4.69) is 83.1 Å². The van der Waals surface area contributed by atoms with Gasteiger partial charge in [0, 0.05) is 41.0 Å². The topological polar surface area (TPSA) is 63.3 Å². The van der Waals surface area contributed by atoms with Gasteiger partial charge in [-0.1, -0.05) is 54.0 Å². The van der Waals surface area contributed by atoms with Crippen molar-refractivity contribution in [2.45, 2.75) is 20.5 Å². The normalized spacial score (nSPS) is 11.0. The number of pyridine rings is 1. The number of hydrogen-bond donors (Lipinski definition) is 0. The largest absolute Gasteiger partial charge is 2.00 e. The van der Waals surface area contributed by atoms with Crippen LogP contribution in [-0.4, -0.2) is 26.4 Å². The van der Waals surface area contributed by atoms with Crippen LogP contribution in [0.2, 0.25) is 0 Å². The molecule has 8 aromatic rings. The maximum absolute atomic E-state index is 6.35. The molecule has 3 aromatic heterocycles. The van der Waals surface area contributed by atoms with Crippen molar-refractivity contribution in [3.05, 3.63) is 157 Å². The minimum Gasteiger partial charge on any atom is -0.509 e. The van der Waals surface area contributed by atoms with Gasteiger partial charge in [-0.15, -0.1) is 35.7 Å². The standard InChI is InChI=1S/C42H32N4O3.Pt/c1-28-20-36(48-27-30-10-5-4-6-11-30)21-29(2)42(28)31-25-44-45(26-31)32-12-9-13-34(22-32)49-35-16-17-38-37-14-7-8-15-39(37)46(40(38)23-35)41-24-33(47-3)18-19-43-41;/h4-21,24-26H,27H2,1-3H3;/q-2;+2. The van der Waals surface area contributed by atoms with Crippen molar-refractivity contribution >= 4 is 21.8 Å². The molecule has 0 unspecified atom stereocenters. The Balaban J connectivity index is 0.00000392. The maximum Gasteiger partial charge on any atom is 2.00 e. The molecule has 0 N–H and O–H groups in total. The van der Waals surface area contributed by atoms with Gasteiger partial charge in [0.05, 0.1) is 13.3 Å². The fourth-order valence-corrected chi connectivity index (χ4v) is 6.36. The molecule has 0 atom stereocenters. The summed E-state index contributed by atoms with van der Waals surface area (Å²) in [6, 6.07) is 43.0. The van der Waals surface area contributed by atoms with Gasteiger partial charge in [-0.25, -0.2) is 4.98 Å². The molecular formula is C42H32N4O3Pt. The van der Waals surface area contributed by atoms with Crippen LogP contribution in [0.5, 0.6) is 23.0 Å². The van der Waals surface area contributed by atoms with E-state index in [4.69, 9.17) is 14.2 Å². The van der Waals surface area contributed by atoms with Crippen LogP contribution in [0, 0.1) is 26.0 Å². The summed E-state index contributed by atoms with van der Waals surface area (Å²) in [5.74, 6) is 3.44. The number of rotatable bonds is 9. The first-order valence-corrected chi connectivity index (χ1v) is 16.0. The molecule has 5 aromatic carbocycles. The number of aryl methyl sites for hydroxylation is 2. The van der Waals surface area contributed by atoms with Crippen LogP contribution in [0.1, 0.15) is 16.7 Å². The second kappa shape index (κ2) is 14.1. The number of hydrogen-bond acceptors (Lipinski definition) is 5. The van der Waals surface area contributed by atoms with Crippen molar-refractivity contribution in [2.24, 2.45) is 0 Å². The van der Waals surface area contributed by atoms with Gasteiger partial charge in [-0.05, 0) is 71.4 Å². The van der Waals surface area contributed by atoms with Crippen LogP contribution in [0.3, 0.4) is 0 Å². The number of aromatic nitrogens is 4. The van der Waals surface area contributed by atoms with E-state index in [1.807, 2.05) is 83.8 Å². The molecular weight excluding hydrogens is 804 g/mol. The Morgan fingerprint density at radius 3 is 2.34 bits per heavy atom. The summed E-state index contributed by atoms with van der Waals surface area (Å²) in [6.07, 6.45) is 5.65. The quantitative estimate of drug-likeness (QED) is 0.136. The molecule has 0 fully saturated rings. The zero-order valence-electron chi connectivity index (χ0n) is 27.7. The summed E-state index contributed by atoms with van der Waals surface area (Å²) in [4.78, 5) is 4.65. The van der Waals surface area contributed by atoms with E-state index in [1.54, 1.807) is 13.3 Å². The third-order valence-corrected chi connectivity index (χ3v) is 8.58. The van der Waals surface area contributed by atoms with Crippen LogP contribution < -0.4 is 14.2 Å². The van der Waals surface area contributed by atoms with Gasteiger partial charge in [0.2, 0.25) is 0 Å². The third-order valence-electron chi connectivity index (χ3n) is 8.58. The molecule has 0 amide bonds. The summed E-state index contributed by atoms with van der Waals surface area (Å²) in [7, 11) is 1.65. The Morgan fingerprint density at radius 2 is 1.52 bits per heavy atom. The zero-order valence-corrected chi connectivity index (χ0v) is 29.9. The molecule has 0 radical (unpaired) electrons. The van der Waals surface area contributed by atoms with E-state index in [0.29, 0.717) is 18.1 Å². The Morgan fingerprint density at radius 1 is 0.740 bits per heavy atom. The Kier molecular flexibility index (Phi) is 9.25. The molecule has 0 spiro atoms. The average Bonchev–Trinajstić information content (AvgIpc) is 3.74. The fourth-order valence-electron chi connectivity index (χ4n) is 6.36. The molecule has 8 rings (SSSR count). The number of methoxy groups -OCH3 is 1. The summed E-state index contributed by atoms with van der Waals surface area (Å²) < 4.78 is 21.8. The van der Waals surface area contributed by atoms with Crippen LogP contribution in [0.25, 0.3) is 44.4 Å². The monoisotopic (exact) mass is 835 g/mol. The fraction of sp³-hybridized carbons (Fsp3) is 0.0952. The predicted molar refractivity (Wildman–Crippen MR) is 192 cm³/mol. The Bertz CT molecular complexity index is 2430. The molecule has 7 nitrogen and oxygen atoms in total. The van der Waals surface area contributed by atoms with Gasteiger partial charge in [-0.3, -0.25) is 4.68 Å². The molecule has 248 valence electrons. The first kappa shape index (κ1) is 32.9. The summed E-state index contributed by atoms with van der Waals surface area (Å²) in [5, 5.41) is 6.84. The average molecular weight is 836 g/mol. The van der Waals surface area contributed by atoms with Gasteiger partial charge in [0.15, 0.2) is 0 Å². The van der Waals surface area contributed by atoms with E-state index >= 15 is 0 Å². The van der Waals surface area contributed by atoms with Gasteiger partial charge < -0.3 is 18.8 Å². The van der Waals surface area contributed by atoms with Crippen molar-refractivity contribution in [3.63, 3.8) is 0 Å². The van der Waals surface area contributed by atoms with Crippen molar-refractivity contribution in [2.75, 3.05) is 7.11 Å². The molecule has 0 aliphatic carbocycles. The van der Waals surface area contributed by atoms with Crippen LogP contribution >= 0.6 is 0 Å². The summed E-state index contributed by atoms with van der Waals surface area (Å²) >= 11 is 0. The van der Waals surface area contributed by atoms with Crippen molar-refractivity contribution in [1.29, 1.82) is 0 Å². The molecule has 50 heavy (non-hydrogen) atoms. The van der Waals surface area contributed by atoms with Crippen LogP contribution in [0.15, 0.2) is 128 Å². The Labute approximate surface area is 305 Å². The second-order valence-electron chi connectivity index (χ2n) is 11.9. The molecule has 0 aliphatic rings. The van der Waals surface area contributed by atoms with Crippen molar-refractivity contribution in [3.8, 4) is 45.6 Å². The number of para-hydroxylation sites is 1. The zero-order chi connectivity index (χ0) is 33.3. The van der Waals surface area contributed by atoms with Crippen molar-refractivity contribution < 1.29 is 35.3 Å². The number of ether oxygens (including phenoxy) is 3. The molecule has 0 aliphatic heterocycles. The first-order chi connectivity index (χ1) is 24.0. The minimum atomic E-state index is 0. The molecule has 3 heterocycles. The third kappa shape index (κ3) is 6.40. The first-order valence-electron chi connectivity index (χ1n) is 16.0. The smallest absolute Gasteiger partial charge is 0.509 e. The van der Waals surface area contributed by atoms with E-state index in [1.165, 1.54) is 0 Å². The number of nitrogens with zero attached hydrogens (tertiary/aromatic N) is 4. The van der Waals surface area contributed by atoms with Gasteiger partial charge in [0.1, 0.15) is 23.9 Å².